The van der Waals surface area contributed by atoms with Crippen LogP contribution in [0.15, 0.2) is 24.3 Å². The van der Waals surface area contributed by atoms with Crippen LogP contribution in [0.3, 0.4) is 0 Å². The predicted molar refractivity (Wildman–Crippen MR) is 127 cm³/mol. The molecular weight excluding hydrogens is 432 g/mol. The minimum absolute atomic E-state index is 0.0783. The Hall–Kier alpha value is -2.44. The number of allylic oxidation sites excluding steroid dienone is 2. The van der Waals surface area contributed by atoms with Crippen molar-refractivity contribution >= 4 is 23.9 Å². The third kappa shape index (κ3) is 4.11. The van der Waals surface area contributed by atoms with Gasteiger partial charge in [-0.25, -0.2) is 4.98 Å². The van der Waals surface area contributed by atoms with Crippen molar-refractivity contribution in [1.82, 2.24) is 9.55 Å². The molecule has 1 heterocycles. The van der Waals surface area contributed by atoms with Crippen LogP contribution in [0.5, 0.6) is 0 Å². The second kappa shape index (κ2) is 9.67. The van der Waals surface area contributed by atoms with Crippen molar-refractivity contribution in [2.75, 3.05) is 13.2 Å². The number of fused-ring (bicyclic) bond motifs is 3. The summed E-state index contributed by atoms with van der Waals surface area (Å²) in [4.78, 5) is 41.6. The molecule has 6 atom stereocenters. The number of rotatable bonds is 8. The lowest BCUT2D eigenvalue weighted by molar-refractivity contribution is -0.159. The second-order valence-corrected chi connectivity index (χ2v) is 10.8. The van der Waals surface area contributed by atoms with E-state index in [1.165, 1.54) is 0 Å². The van der Waals surface area contributed by atoms with Crippen LogP contribution in [0.2, 0.25) is 0 Å². The zero-order valence-corrected chi connectivity index (χ0v) is 20.9. The topological polar surface area (TPSA) is 87.5 Å². The van der Waals surface area contributed by atoms with Gasteiger partial charge in [-0.15, -0.1) is 0 Å². The average molecular weight is 471 g/mol. The van der Waals surface area contributed by atoms with E-state index in [0.717, 1.165) is 49.7 Å². The Labute approximate surface area is 202 Å². The highest BCUT2D eigenvalue weighted by Crippen LogP contribution is 2.66. The molecule has 7 nitrogen and oxygen atoms in total. The number of esters is 2. The Kier molecular flexibility index (Phi) is 7.02. The number of carbonyl (C=O) groups is 3. The Morgan fingerprint density at radius 1 is 1.12 bits per heavy atom. The first kappa shape index (κ1) is 24.7. The summed E-state index contributed by atoms with van der Waals surface area (Å²) in [7, 11) is 0. The Bertz CT molecular complexity index is 954. The molecule has 2 fully saturated rings. The molecule has 3 aliphatic rings. The minimum atomic E-state index is -0.345. The molecule has 0 unspecified atom stereocenters. The van der Waals surface area contributed by atoms with Crippen LogP contribution < -0.4 is 0 Å². The molecule has 1 aromatic heterocycles. The molecule has 0 radical (unpaired) electrons. The van der Waals surface area contributed by atoms with E-state index in [1.807, 2.05) is 24.6 Å². The van der Waals surface area contributed by atoms with E-state index in [-0.39, 0.29) is 34.6 Å². The van der Waals surface area contributed by atoms with Gasteiger partial charge in [0.2, 0.25) is 0 Å². The highest BCUT2D eigenvalue weighted by Gasteiger charge is 2.60. The smallest absolute Gasteiger partial charge is 0.306 e. The van der Waals surface area contributed by atoms with Crippen molar-refractivity contribution in [3.63, 3.8) is 0 Å². The fraction of sp³-hybridized carbons (Fsp3) is 0.704. The number of ether oxygens (including phenoxy) is 2. The van der Waals surface area contributed by atoms with Gasteiger partial charge in [0.1, 0.15) is 6.29 Å². The molecule has 2 saturated carbocycles. The number of hydrogen-bond acceptors (Lipinski definition) is 6. The average Bonchev–Trinajstić information content (AvgIpc) is 3.41. The third-order valence-electron chi connectivity index (χ3n) is 9.19. The molecule has 7 heteroatoms. The second-order valence-electron chi connectivity index (χ2n) is 10.8. The van der Waals surface area contributed by atoms with Crippen LogP contribution in [0.25, 0.3) is 5.70 Å². The van der Waals surface area contributed by atoms with Gasteiger partial charge in [-0.05, 0) is 75.0 Å². The summed E-state index contributed by atoms with van der Waals surface area (Å²) in [6, 6.07) is 0. The largest absolute Gasteiger partial charge is 0.466 e. The summed E-state index contributed by atoms with van der Waals surface area (Å²) in [5.41, 5.74) is 1.50. The first-order valence-electron chi connectivity index (χ1n) is 12.8. The fourth-order valence-corrected chi connectivity index (χ4v) is 7.74. The van der Waals surface area contributed by atoms with Gasteiger partial charge in [0.15, 0.2) is 0 Å². The molecule has 0 aliphatic heterocycles. The maximum Gasteiger partial charge on any atom is 0.306 e. The monoisotopic (exact) mass is 470 g/mol. The van der Waals surface area contributed by atoms with E-state index in [1.54, 1.807) is 12.5 Å². The molecule has 186 valence electrons. The summed E-state index contributed by atoms with van der Waals surface area (Å²) < 4.78 is 12.7. The van der Waals surface area contributed by atoms with Gasteiger partial charge in [0.05, 0.1) is 26.0 Å². The van der Waals surface area contributed by atoms with Crippen LogP contribution >= 0.6 is 0 Å². The molecule has 34 heavy (non-hydrogen) atoms. The van der Waals surface area contributed by atoms with Crippen molar-refractivity contribution in [3.8, 4) is 0 Å². The Morgan fingerprint density at radius 3 is 2.50 bits per heavy atom. The lowest BCUT2D eigenvalue weighted by atomic mass is 9.46. The van der Waals surface area contributed by atoms with Gasteiger partial charge in [-0.1, -0.05) is 13.8 Å². The number of hydrogen-bond donors (Lipinski definition) is 0. The van der Waals surface area contributed by atoms with E-state index in [2.05, 4.69) is 18.8 Å². The van der Waals surface area contributed by atoms with Crippen LogP contribution in [0.1, 0.15) is 72.6 Å². The van der Waals surface area contributed by atoms with E-state index in [4.69, 9.17) is 9.47 Å². The predicted octanol–water partition coefficient (Wildman–Crippen LogP) is 4.67. The SMILES string of the molecule is CCOC(=O)C[C@@H]1CC[C@@H]2[C@H](CC[C@]3(C)C(n4ccnc4)=C(C=O)C[C@@H]23)[C@@]1(C)CC(=O)OCC. The Balaban J connectivity index is 1.66. The Morgan fingerprint density at radius 2 is 1.85 bits per heavy atom. The first-order valence-corrected chi connectivity index (χ1v) is 12.8. The highest BCUT2D eigenvalue weighted by atomic mass is 16.5. The van der Waals surface area contributed by atoms with E-state index in [0.29, 0.717) is 37.9 Å². The molecular formula is C27H38N2O5. The molecule has 0 amide bonds. The number of nitrogens with zero attached hydrogens (tertiary/aromatic N) is 2. The van der Waals surface area contributed by atoms with E-state index < -0.39 is 0 Å². The molecule has 0 saturated heterocycles. The maximum atomic E-state index is 12.7. The van der Waals surface area contributed by atoms with E-state index >= 15 is 0 Å². The summed E-state index contributed by atoms with van der Waals surface area (Å²) >= 11 is 0. The number of imidazole rings is 1. The van der Waals surface area contributed by atoms with Crippen LogP contribution in [-0.4, -0.2) is 41.0 Å². The van der Waals surface area contributed by atoms with Crippen molar-refractivity contribution in [1.29, 1.82) is 0 Å². The highest BCUT2D eigenvalue weighted by molar-refractivity contribution is 5.86. The minimum Gasteiger partial charge on any atom is -0.466 e. The van der Waals surface area contributed by atoms with E-state index in [9.17, 15) is 14.4 Å². The lowest BCUT2D eigenvalue weighted by Crippen LogP contribution is -2.52. The third-order valence-corrected chi connectivity index (χ3v) is 9.19. The summed E-state index contributed by atoms with van der Waals surface area (Å²) in [6.45, 7) is 8.86. The van der Waals surface area contributed by atoms with Crippen molar-refractivity contribution in [2.45, 2.75) is 72.6 Å². The quantitative estimate of drug-likeness (QED) is 0.405. The van der Waals surface area contributed by atoms with Gasteiger partial charge in [0.25, 0.3) is 0 Å². The lowest BCUT2D eigenvalue weighted by Gasteiger charge is -2.58. The number of aldehydes is 1. The van der Waals surface area contributed by atoms with Gasteiger partial charge in [0, 0.05) is 35.5 Å². The standard InChI is InChI=1S/C27H38N2O5/c1-5-33-23(31)14-19-7-8-20-21(27(19,4)15-24(32)34-6-2)9-10-26(3)22(20)13-18(16-30)25(26)29-12-11-28-17-29/h11-12,16-17,19-22H,5-10,13-15H2,1-4H3/t19-,20+,21-,22-,26-,27-/m0/s1. The summed E-state index contributed by atoms with van der Waals surface area (Å²) in [6.07, 6.45) is 11.7. The van der Waals surface area contributed by atoms with Crippen molar-refractivity contribution < 1.29 is 23.9 Å². The molecule has 0 spiro atoms. The molecule has 0 bridgehead atoms. The molecule has 0 aromatic carbocycles. The summed E-state index contributed by atoms with van der Waals surface area (Å²) in [5.74, 6) is 0.703. The van der Waals surface area contributed by atoms with Crippen molar-refractivity contribution in [3.05, 3.63) is 24.3 Å². The molecule has 3 aliphatic carbocycles. The first-order chi connectivity index (χ1) is 16.3. The van der Waals surface area contributed by atoms with Gasteiger partial charge in [-0.2, -0.15) is 0 Å². The molecule has 0 N–H and O–H groups in total. The summed E-state index contributed by atoms with van der Waals surface area (Å²) in [5, 5.41) is 0. The number of aromatic nitrogens is 2. The van der Waals surface area contributed by atoms with Crippen LogP contribution in [-0.2, 0) is 23.9 Å². The van der Waals surface area contributed by atoms with Crippen LogP contribution in [0.4, 0.5) is 0 Å². The molecule has 1 aromatic rings. The zero-order chi connectivity index (χ0) is 24.5. The van der Waals surface area contributed by atoms with Gasteiger partial charge >= 0.3 is 11.9 Å². The van der Waals surface area contributed by atoms with Crippen LogP contribution in [0, 0.1) is 34.5 Å². The molecule has 4 rings (SSSR count). The normalized spacial score (nSPS) is 34.8. The maximum absolute atomic E-state index is 12.7. The fourth-order valence-electron chi connectivity index (χ4n) is 7.74. The van der Waals surface area contributed by atoms with Crippen molar-refractivity contribution in [2.24, 2.45) is 34.5 Å². The zero-order valence-electron chi connectivity index (χ0n) is 20.9. The van der Waals surface area contributed by atoms with Gasteiger partial charge < -0.3 is 14.0 Å². The van der Waals surface area contributed by atoms with Gasteiger partial charge in [-0.3, -0.25) is 14.4 Å². The number of carbonyl (C=O) groups excluding carboxylic acids is 3.